The number of carbonyl (C=O) groups excluding carboxylic acids is 1. The molecule has 2 aliphatic heterocycles. The molecule has 6 heteroatoms. The number of nitrogens with zero attached hydrogens (tertiary/aromatic N) is 1. The molecule has 0 aromatic rings. The lowest BCUT2D eigenvalue weighted by Crippen LogP contribution is -2.45. The number of nitrogens with one attached hydrogen (secondary N) is 1. The molecule has 0 aromatic heterocycles. The van der Waals surface area contributed by atoms with Crippen LogP contribution in [0.15, 0.2) is 0 Å². The highest BCUT2D eigenvalue weighted by Gasteiger charge is 2.30. The Morgan fingerprint density at radius 1 is 1.12 bits per heavy atom. The molecular weight excluding hydrogens is 240 g/mol. The Hall–Kier alpha value is -0.780. The van der Waals surface area contributed by atoms with Gasteiger partial charge in [-0.15, -0.1) is 0 Å². The number of urea groups is 1. The average molecular weight is 260 g/mol. The smallest absolute Gasteiger partial charge is 0.317 e. The number of hydrogen-bond donors (Lipinski definition) is 1. The van der Waals surface area contributed by atoms with Gasteiger partial charge in [0.1, 0.15) is 0 Å². The third-order valence-electron chi connectivity index (χ3n) is 3.45. The Labute approximate surface area is 102 Å². The summed E-state index contributed by atoms with van der Waals surface area (Å²) in [6.07, 6.45) is 5.03. The molecule has 17 heavy (non-hydrogen) atoms. The molecule has 1 N–H and O–H groups in total. The molecule has 2 saturated heterocycles. The number of amides is 2. The molecule has 98 valence electrons. The van der Waals surface area contributed by atoms with Crippen LogP contribution in [0.25, 0.3) is 0 Å². The van der Waals surface area contributed by atoms with Gasteiger partial charge in [-0.05, 0) is 19.3 Å². The Kier molecular flexibility index (Phi) is 3.91. The van der Waals surface area contributed by atoms with Crippen molar-refractivity contribution in [3.8, 4) is 0 Å². The summed E-state index contributed by atoms with van der Waals surface area (Å²) in [7, 11) is -2.91. The molecule has 2 amide bonds. The second kappa shape index (κ2) is 5.25. The van der Waals surface area contributed by atoms with Gasteiger partial charge in [0, 0.05) is 19.1 Å². The molecule has 0 bridgehead atoms. The van der Waals surface area contributed by atoms with Gasteiger partial charge in [0.15, 0.2) is 9.84 Å². The van der Waals surface area contributed by atoms with Crippen molar-refractivity contribution in [1.29, 1.82) is 0 Å². The van der Waals surface area contributed by atoms with Gasteiger partial charge in [0.25, 0.3) is 0 Å². The maximum atomic E-state index is 11.9. The van der Waals surface area contributed by atoms with Gasteiger partial charge in [-0.2, -0.15) is 0 Å². The average Bonchev–Trinajstić information content (AvgIpc) is 2.52. The second-order valence-corrected chi connectivity index (χ2v) is 7.18. The van der Waals surface area contributed by atoms with E-state index in [-0.39, 0.29) is 23.6 Å². The summed E-state index contributed by atoms with van der Waals surface area (Å²) in [6, 6.07) is -0.273. The van der Waals surface area contributed by atoms with Crippen LogP contribution in [0.2, 0.25) is 0 Å². The molecule has 2 rings (SSSR count). The number of rotatable bonds is 1. The predicted molar refractivity (Wildman–Crippen MR) is 65.6 cm³/mol. The van der Waals surface area contributed by atoms with Crippen molar-refractivity contribution >= 4 is 15.9 Å². The first kappa shape index (κ1) is 12.7. The van der Waals surface area contributed by atoms with Crippen molar-refractivity contribution < 1.29 is 13.2 Å². The van der Waals surface area contributed by atoms with Crippen molar-refractivity contribution in [2.24, 2.45) is 0 Å². The van der Waals surface area contributed by atoms with Gasteiger partial charge < -0.3 is 10.2 Å². The van der Waals surface area contributed by atoms with Crippen LogP contribution in [0, 0.1) is 0 Å². The van der Waals surface area contributed by atoms with E-state index >= 15 is 0 Å². The summed E-state index contributed by atoms with van der Waals surface area (Å²) < 4.78 is 22.6. The molecular formula is C11H20N2O3S. The third kappa shape index (κ3) is 3.59. The lowest BCUT2D eigenvalue weighted by Gasteiger charge is -2.22. The molecule has 5 nitrogen and oxygen atoms in total. The number of likely N-dealkylation sites (tertiary alicyclic amines) is 1. The van der Waals surface area contributed by atoms with Crippen molar-refractivity contribution in [1.82, 2.24) is 10.2 Å². The van der Waals surface area contributed by atoms with Crippen molar-refractivity contribution in [2.45, 2.75) is 38.1 Å². The monoisotopic (exact) mass is 260 g/mol. The molecule has 0 aliphatic carbocycles. The first-order chi connectivity index (χ1) is 8.07. The van der Waals surface area contributed by atoms with Gasteiger partial charge in [-0.1, -0.05) is 12.8 Å². The summed E-state index contributed by atoms with van der Waals surface area (Å²) in [5.41, 5.74) is 0. The van der Waals surface area contributed by atoms with E-state index in [0.717, 1.165) is 25.9 Å². The topological polar surface area (TPSA) is 66.5 Å². The lowest BCUT2D eigenvalue weighted by atomic mass is 10.2. The van der Waals surface area contributed by atoms with E-state index < -0.39 is 9.84 Å². The molecule has 0 spiro atoms. The summed E-state index contributed by atoms with van der Waals surface area (Å²) >= 11 is 0. The summed E-state index contributed by atoms with van der Waals surface area (Å²) in [6.45, 7) is 1.59. The van der Waals surface area contributed by atoms with Crippen LogP contribution in [0.4, 0.5) is 4.79 Å². The van der Waals surface area contributed by atoms with E-state index in [1.54, 1.807) is 0 Å². The van der Waals surface area contributed by atoms with Crippen LogP contribution in [0.3, 0.4) is 0 Å². The Balaban J connectivity index is 1.84. The van der Waals surface area contributed by atoms with E-state index in [0.29, 0.717) is 6.42 Å². The zero-order valence-corrected chi connectivity index (χ0v) is 10.8. The molecule has 0 aromatic carbocycles. The fraction of sp³-hybridized carbons (Fsp3) is 0.909. The molecule has 0 saturated carbocycles. The van der Waals surface area contributed by atoms with E-state index in [1.165, 1.54) is 12.8 Å². The second-order valence-electron chi connectivity index (χ2n) is 4.95. The zero-order chi connectivity index (χ0) is 12.3. The van der Waals surface area contributed by atoms with Crippen LogP contribution in [-0.4, -0.2) is 50.0 Å². The number of carbonyl (C=O) groups is 1. The van der Waals surface area contributed by atoms with Gasteiger partial charge in [0.2, 0.25) is 0 Å². The summed E-state index contributed by atoms with van der Waals surface area (Å²) in [5.74, 6) is 0.310. The first-order valence-electron chi connectivity index (χ1n) is 6.33. The minimum absolute atomic E-state index is 0.0889. The maximum Gasteiger partial charge on any atom is 0.317 e. The minimum Gasteiger partial charge on any atom is -0.334 e. The fourth-order valence-electron chi connectivity index (χ4n) is 2.45. The van der Waals surface area contributed by atoms with Crippen molar-refractivity contribution in [2.75, 3.05) is 24.6 Å². The molecule has 1 atom stereocenters. The third-order valence-corrected chi connectivity index (χ3v) is 5.22. The SMILES string of the molecule is O=C(N[C@H]1CCS(=O)(=O)C1)N1CCCCCC1. The van der Waals surface area contributed by atoms with E-state index in [9.17, 15) is 13.2 Å². The van der Waals surface area contributed by atoms with E-state index in [1.807, 2.05) is 4.90 Å². The molecule has 2 fully saturated rings. The standard InChI is InChI=1S/C11H20N2O3S/c14-11(13-6-3-1-2-4-7-13)12-10-5-8-17(15,16)9-10/h10H,1-9H2,(H,12,14)/t10-/m0/s1. The molecule has 2 aliphatic rings. The van der Waals surface area contributed by atoms with Crippen LogP contribution in [0.1, 0.15) is 32.1 Å². The predicted octanol–water partition coefficient (Wildman–Crippen LogP) is 0.759. The lowest BCUT2D eigenvalue weighted by molar-refractivity contribution is 0.196. The van der Waals surface area contributed by atoms with Gasteiger partial charge >= 0.3 is 6.03 Å². The molecule has 2 heterocycles. The zero-order valence-electron chi connectivity index (χ0n) is 10.0. The number of hydrogen-bond acceptors (Lipinski definition) is 3. The minimum atomic E-state index is -2.91. The normalized spacial score (nSPS) is 28.7. The Morgan fingerprint density at radius 3 is 2.29 bits per heavy atom. The van der Waals surface area contributed by atoms with Gasteiger partial charge in [-0.25, -0.2) is 13.2 Å². The first-order valence-corrected chi connectivity index (χ1v) is 8.15. The van der Waals surface area contributed by atoms with E-state index in [2.05, 4.69) is 5.32 Å². The van der Waals surface area contributed by atoms with Crippen LogP contribution >= 0.6 is 0 Å². The summed E-state index contributed by atoms with van der Waals surface area (Å²) in [4.78, 5) is 13.8. The van der Waals surface area contributed by atoms with Crippen molar-refractivity contribution in [3.63, 3.8) is 0 Å². The Bertz CT molecular complexity index is 372. The van der Waals surface area contributed by atoms with Crippen LogP contribution < -0.4 is 5.32 Å². The number of sulfone groups is 1. The van der Waals surface area contributed by atoms with Crippen LogP contribution in [0.5, 0.6) is 0 Å². The van der Waals surface area contributed by atoms with Gasteiger partial charge in [0.05, 0.1) is 11.5 Å². The Morgan fingerprint density at radius 2 is 1.76 bits per heavy atom. The highest BCUT2D eigenvalue weighted by atomic mass is 32.2. The molecule has 0 radical (unpaired) electrons. The fourth-order valence-corrected chi connectivity index (χ4v) is 4.12. The van der Waals surface area contributed by atoms with E-state index in [4.69, 9.17) is 0 Å². The molecule has 0 unspecified atom stereocenters. The van der Waals surface area contributed by atoms with Gasteiger partial charge in [-0.3, -0.25) is 0 Å². The maximum absolute atomic E-state index is 11.9. The van der Waals surface area contributed by atoms with Crippen LogP contribution in [-0.2, 0) is 9.84 Å². The largest absolute Gasteiger partial charge is 0.334 e. The highest BCUT2D eigenvalue weighted by Crippen LogP contribution is 2.13. The summed E-state index contributed by atoms with van der Waals surface area (Å²) in [5, 5.41) is 2.84. The van der Waals surface area contributed by atoms with Crippen molar-refractivity contribution in [3.05, 3.63) is 0 Å². The highest BCUT2D eigenvalue weighted by molar-refractivity contribution is 7.91. The quantitative estimate of drug-likeness (QED) is 0.757.